The Balaban J connectivity index is 2.79. The summed E-state index contributed by atoms with van der Waals surface area (Å²) < 4.78 is 0. The highest BCUT2D eigenvalue weighted by atomic mass is 13.9. The molecule has 1 aromatic carbocycles. The average Bonchev–Trinajstić information content (AvgIpc) is 2.08. The van der Waals surface area contributed by atoms with Crippen molar-refractivity contribution in [1.82, 2.24) is 0 Å². The summed E-state index contributed by atoms with van der Waals surface area (Å²) in [7, 11) is 0. The number of rotatable bonds is 0. The molecule has 0 heteroatoms. The molecule has 1 aliphatic rings. The second kappa shape index (κ2) is 3.44. The topological polar surface area (TPSA) is 0 Å². The summed E-state index contributed by atoms with van der Waals surface area (Å²) in [5.41, 5.74) is 1.31. The number of hydrogen-bond acceptors (Lipinski definition) is 0. The third-order valence-corrected chi connectivity index (χ3v) is 2.13. The van der Waals surface area contributed by atoms with Gasteiger partial charge in [-0.3, -0.25) is 0 Å². The minimum Gasteiger partial charge on any atom is -0.0622 e. The van der Waals surface area contributed by atoms with Gasteiger partial charge in [-0.15, -0.1) is 0 Å². The van der Waals surface area contributed by atoms with E-state index >= 15 is 0 Å². The number of hydrogen-bond donors (Lipinski definition) is 0. The van der Waals surface area contributed by atoms with Gasteiger partial charge in [-0.25, -0.2) is 0 Å². The third kappa shape index (κ3) is 1.78. The molecule has 0 spiro atoms. The summed E-state index contributed by atoms with van der Waals surface area (Å²) in [6.45, 7) is 2.12. The molecule has 1 aliphatic carbocycles. The summed E-state index contributed by atoms with van der Waals surface area (Å²) >= 11 is 0. The van der Waals surface area contributed by atoms with E-state index in [1.165, 1.54) is 16.0 Å². The average molecular weight is 168 g/mol. The number of fused-ring (bicyclic) bond motifs is 1. The minimum atomic E-state index is 1.28. The van der Waals surface area contributed by atoms with Crippen LogP contribution in [-0.4, -0.2) is 0 Å². The Morgan fingerprint density at radius 2 is 1.46 bits per heavy atom. The molecule has 0 saturated heterocycles. The van der Waals surface area contributed by atoms with Gasteiger partial charge in [-0.05, 0) is 17.4 Å². The number of benzene rings is 1. The highest BCUT2D eigenvalue weighted by Crippen LogP contribution is 1.89. The Morgan fingerprint density at radius 1 is 0.769 bits per heavy atom. The largest absolute Gasteiger partial charge is 0.0622 e. The molecule has 64 valence electrons. The van der Waals surface area contributed by atoms with Crippen LogP contribution < -0.4 is 10.4 Å². The second-order valence-electron chi connectivity index (χ2n) is 3.24. The molecule has 0 aromatic heterocycles. The fraction of sp³-hybridized carbons (Fsp3) is 0.0769. The van der Waals surface area contributed by atoms with E-state index < -0.39 is 0 Å². The molecule has 0 unspecified atom stereocenters. The Morgan fingerprint density at radius 3 is 2.23 bits per heavy atom. The maximum atomic E-state index is 2.20. The summed E-state index contributed by atoms with van der Waals surface area (Å²) in [4.78, 5) is 0. The zero-order valence-electron chi connectivity index (χ0n) is 7.70. The van der Waals surface area contributed by atoms with Crippen LogP contribution in [0.4, 0.5) is 0 Å². The van der Waals surface area contributed by atoms with Crippen molar-refractivity contribution in [3.63, 3.8) is 0 Å². The van der Waals surface area contributed by atoms with Crippen LogP contribution in [0.2, 0.25) is 0 Å². The normalized spacial score (nSPS) is 23.8. The van der Waals surface area contributed by atoms with Gasteiger partial charge >= 0.3 is 0 Å². The Kier molecular flexibility index (Phi) is 2.13. The van der Waals surface area contributed by atoms with Crippen molar-refractivity contribution in [2.45, 2.75) is 6.92 Å². The lowest BCUT2D eigenvalue weighted by atomic mass is 10.1. The first-order valence-corrected chi connectivity index (χ1v) is 4.48. The van der Waals surface area contributed by atoms with Gasteiger partial charge in [0.05, 0.1) is 0 Å². The molecule has 2 rings (SSSR count). The van der Waals surface area contributed by atoms with E-state index in [1.54, 1.807) is 0 Å². The molecule has 0 radical (unpaired) electrons. The third-order valence-electron chi connectivity index (χ3n) is 2.13. The van der Waals surface area contributed by atoms with Crippen LogP contribution in [0, 0.1) is 6.92 Å². The number of allylic oxidation sites excluding steroid dienone is 4. The quantitative estimate of drug-likeness (QED) is 0.553. The highest BCUT2D eigenvalue weighted by Gasteiger charge is 1.86. The van der Waals surface area contributed by atoms with Crippen molar-refractivity contribution in [1.29, 1.82) is 0 Å². The smallest absolute Gasteiger partial charge is 0.0181 e. The Bertz CT molecular complexity index is 473. The molecular weight excluding hydrogens is 156 g/mol. The van der Waals surface area contributed by atoms with Crippen LogP contribution in [0.5, 0.6) is 0 Å². The molecule has 0 aliphatic heterocycles. The van der Waals surface area contributed by atoms with Gasteiger partial charge < -0.3 is 0 Å². The lowest BCUT2D eigenvalue weighted by Gasteiger charge is -1.94. The highest BCUT2D eigenvalue weighted by molar-refractivity contribution is 5.48. The van der Waals surface area contributed by atoms with Crippen LogP contribution >= 0.6 is 0 Å². The molecule has 0 fully saturated rings. The summed E-state index contributed by atoms with van der Waals surface area (Å²) in [6, 6.07) is 6.50. The zero-order chi connectivity index (χ0) is 9.10. The molecule has 0 nitrogen and oxygen atoms in total. The van der Waals surface area contributed by atoms with Crippen molar-refractivity contribution in [3.05, 3.63) is 58.5 Å². The lowest BCUT2D eigenvalue weighted by molar-refractivity contribution is 1.40. The van der Waals surface area contributed by atoms with Crippen molar-refractivity contribution in [2.24, 2.45) is 0 Å². The van der Waals surface area contributed by atoms with Crippen LogP contribution in [0.25, 0.3) is 12.2 Å². The van der Waals surface area contributed by atoms with Gasteiger partial charge in [0, 0.05) is 0 Å². The van der Waals surface area contributed by atoms with Gasteiger partial charge in [-0.1, -0.05) is 60.2 Å². The molecule has 0 bridgehead atoms. The van der Waals surface area contributed by atoms with E-state index in [1.807, 2.05) is 12.2 Å². The maximum absolute atomic E-state index is 2.20. The summed E-state index contributed by atoms with van der Waals surface area (Å²) in [5.74, 6) is 0. The fourth-order valence-corrected chi connectivity index (χ4v) is 1.44. The van der Waals surface area contributed by atoms with E-state index in [9.17, 15) is 0 Å². The van der Waals surface area contributed by atoms with Crippen molar-refractivity contribution in [3.8, 4) is 0 Å². The summed E-state index contributed by atoms with van der Waals surface area (Å²) in [6.07, 6.45) is 12.5. The molecular formula is C13H12. The Labute approximate surface area is 78.2 Å². The zero-order valence-corrected chi connectivity index (χ0v) is 7.70. The van der Waals surface area contributed by atoms with Crippen molar-refractivity contribution in [2.75, 3.05) is 0 Å². The molecule has 0 saturated carbocycles. The Hall–Kier alpha value is -1.56. The molecule has 1 aromatic rings. The van der Waals surface area contributed by atoms with E-state index in [-0.39, 0.29) is 0 Å². The maximum Gasteiger partial charge on any atom is -0.0181 e. The van der Waals surface area contributed by atoms with Crippen molar-refractivity contribution < 1.29 is 0 Å². The van der Waals surface area contributed by atoms with E-state index in [0.29, 0.717) is 0 Å². The first-order valence-electron chi connectivity index (χ1n) is 4.48. The number of aryl methyl sites for hydroxylation is 1. The van der Waals surface area contributed by atoms with E-state index in [0.717, 1.165) is 0 Å². The molecule has 0 amide bonds. The minimum absolute atomic E-state index is 1.28. The van der Waals surface area contributed by atoms with Crippen LogP contribution in [0.15, 0.2) is 42.5 Å². The standard InChI is InChI=1S/C13H12/c1-11-8-9-12-6-4-2-3-5-7-13(12)10-11/h2-10H,1H3/b3-2?,4-2-,5-3-,6-4?,7-5?,12-6-,13-7-. The summed E-state index contributed by atoms with van der Waals surface area (Å²) in [5, 5.41) is 2.58. The van der Waals surface area contributed by atoms with Gasteiger partial charge in [0.2, 0.25) is 0 Å². The van der Waals surface area contributed by atoms with E-state index in [2.05, 4.69) is 49.4 Å². The molecule has 0 N–H and O–H groups in total. The predicted molar refractivity (Wildman–Crippen MR) is 57.6 cm³/mol. The molecule has 0 heterocycles. The predicted octanol–water partition coefficient (Wildman–Crippen LogP) is 1.68. The van der Waals surface area contributed by atoms with Crippen LogP contribution in [0.1, 0.15) is 5.56 Å². The van der Waals surface area contributed by atoms with Crippen molar-refractivity contribution >= 4 is 12.2 Å². The molecule has 0 atom stereocenters. The fourth-order valence-electron chi connectivity index (χ4n) is 1.44. The van der Waals surface area contributed by atoms with E-state index in [4.69, 9.17) is 0 Å². The van der Waals surface area contributed by atoms with Gasteiger partial charge in [0.15, 0.2) is 0 Å². The second-order valence-corrected chi connectivity index (χ2v) is 3.24. The van der Waals surface area contributed by atoms with Gasteiger partial charge in [-0.2, -0.15) is 0 Å². The lowest BCUT2D eigenvalue weighted by Crippen LogP contribution is -2.23. The van der Waals surface area contributed by atoms with Crippen LogP contribution in [0.3, 0.4) is 0 Å². The first kappa shape index (κ1) is 8.06. The monoisotopic (exact) mass is 168 g/mol. The van der Waals surface area contributed by atoms with Gasteiger partial charge in [0.25, 0.3) is 0 Å². The van der Waals surface area contributed by atoms with Gasteiger partial charge in [0.1, 0.15) is 0 Å². The molecule has 13 heavy (non-hydrogen) atoms. The van der Waals surface area contributed by atoms with Crippen LogP contribution in [-0.2, 0) is 0 Å². The SMILES string of the molecule is Cc1ccc2/c(c1)=C\C=C/C=C\C=2. The first-order chi connectivity index (χ1) is 6.36.